The third-order valence-electron chi connectivity index (χ3n) is 8.13. The number of rotatable bonds is 5. The first-order valence-electron chi connectivity index (χ1n) is 14.3. The van der Waals surface area contributed by atoms with Gasteiger partial charge in [0.05, 0.1) is 11.1 Å². The first kappa shape index (κ1) is 29.0. The van der Waals surface area contributed by atoms with E-state index in [1.807, 2.05) is 42.4 Å². The third-order valence-corrected chi connectivity index (χ3v) is 8.13. The Bertz CT molecular complexity index is 1760. The van der Waals surface area contributed by atoms with Gasteiger partial charge in [-0.05, 0) is 58.7 Å². The van der Waals surface area contributed by atoms with Crippen LogP contribution in [0.3, 0.4) is 0 Å². The molecule has 0 N–H and O–H groups in total. The zero-order valence-corrected chi connectivity index (χ0v) is 26.9. The van der Waals surface area contributed by atoms with Gasteiger partial charge in [-0.15, -0.1) is 23.4 Å². The molecule has 1 aromatic heterocycles. The van der Waals surface area contributed by atoms with E-state index in [-0.39, 0.29) is 26.5 Å². The van der Waals surface area contributed by atoms with E-state index in [2.05, 4.69) is 130 Å². The molecular formula is C38H32N3OPt-3. The van der Waals surface area contributed by atoms with Gasteiger partial charge in [-0.2, -0.15) is 49.1 Å². The molecule has 43 heavy (non-hydrogen) atoms. The summed E-state index contributed by atoms with van der Waals surface area (Å²) < 4.78 is 6.38. The monoisotopic (exact) mass is 741 g/mol. The van der Waals surface area contributed by atoms with Crippen LogP contribution in [-0.2, 0) is 31.9 Å². The molecule has 0 saturated carbocycles. The Balaban J connectivity index is 0.00000329. The molecule has 0 amide bonds. The predicted octanol–water partition coefficient (Wildman–Crippen LogP) is 8.47. The molecule has 5 heteroatoms. The molecule has 0 atom stereocenters. The van der Waals surface area contributed by atoms with Crippen LogP contribution in [0.25, 0.3) is 11.1 Å². The molecule has 0 fully saturated rings. The minimum absolute atomic E-state index is 0. The molecule has 218 valence electrons. The van der Waals surface area contributed by atoms with Gasteiger partial charge in [0.25, 0.3) is 0 Å². The van der Waals surface area contributed by atoms with Crippen molar-refractivity contribution in [1.82, 2.24) is 9.88 Å². The molecule has 7 rings (SSSR count). The maximum absolute atomic E-state index is 6.38. The Hall–Kier alpha value is -4.14. The van der Waals surface area contributed by atoms with Gasteiger partial charge < -0.3 is 14.5 Å². The van der Waals surface area contributed by atoms with Crippen molar-refractivity contribution in [2.24, 2.45) is 0 Å². The second-order valence-corrected chi connectivity index (χ2v) is 11.9. The molecule has 2 heterocycles. The summed E-state index contributed by atoms with van der Waals surface area (Å²) in [4.78, 5) is 9.44. The van der Waals surface area contributed by atoms with Crippen LogP contribution in [0.2, 0.25) is 0 Å². The van der Waals surface area contributed by atoms with E-state index in [0.29, 0.717) is 11.6 Å². The number of hydrogen-bond donors (Lipinski definition) is 0. The maximum atomic E-state index is 6.38. The van der Waals surface area contributed by atoms with E-state index in [9.17, 15) is 0 Å². The molecular weight excluding hydrogens is 710 g/mol. The average molecular weight is 742 g/mol. The van der Waals surface area contributed by atoms with Crippen molar-refractivity contribution in [2.45, 2.75) is 31.6 Å². The van der Waals surface area contributed by atoms with E-state index in [4.69, 9.17) is 9.72 Å². The largest absolute Gasteiger partial charge is 0.510 e. The standard InChI is InChI=1S/C38H32N3O.Pt/c1-37(2,3)28-24-35(39-36(25-28)42-30-15-6-5-7-16-30)38(27-13-12-14-29(23-27)41-22-21-40(4)26-41)33-19-10-8-17-31(33)32-18-9-11-20-34(32)38;/h5-15,17-22,24-26H,1-4H3;/q-3;. The molecule has 5 aromatic rings. The summed E-state index contributed by atoms with van der Waals surface area (Å²) >= 11 is 0. The van der Waals surface area contributed by atoms with Crippen LogP contribution >= 0.6 is 0 Å². The van der Waals surface area contributed by atoms with Crippen molar-refractivity contribution in [1.29, 1.82) is 0 Å². The molecule has 1 aliphatic carbocycles. The molecule has 4 nitrogen and oxygen atoms in total. The van der Waals surface area contributed by atoms with Gasteiger partial charge in [0.1, 0.15) is 0 Å². The summed E-state index contributed by atoms with van der Waals surface area (Å²) in [6, 6.07) is 42.8. The number of nitrogens with zero attached hydrogens (tertiary/aromatic N) is 3. The fraction of sp³-hybridized carbons (Fsp3) is 0.158. The van der Waals surface area contributed by atoms with Crippen LogP contribution in [-0.4, -0.2) is 16.9 Å². The number of ether oxygens (including phenoxy) is 1. The summed E-state index contributed by atoms with van der Waals surface area (Å²) in [7, 11) is 2.03. The first-order valence-corrected chi connectivity index (χ1v) is 14.3. The molecule has 0 radical (unpaired) electrons. The van der Waals surface area contributed by atoms with Crippen molar-refractivity contribution in [2.75, 3.05) is 11.9 Å². The van der Waals surface area contributed by atoms with Gasteiger partial charge in [0.2, 0.25) is 5.88 Å². The zero-order chi connectivity index (χ0) is 28.9. The van der Waals surface area contributed by atoms with Crippen molar-refractivity contribution < 1.29 is 25.8 Å². The van der Waals surface area contributed by atoms with Crippen LogP contribution in [0, 0.1) is 18.8 Å². The molecule has 1 aliphatic heterocycles. The fourth-order valence-corrected chi connectivity index (χ4v) is 6.09. The summed E-state index contributed by atoms with van der Waals surface area (Å²) in [5, 5.41) is 0. The van der Waals surface area contributed by atoms with E-state index < -0.39 is 5.41 Å². The van der Waals surface area contributed by atoms with Gasteiger partial charge in [0.15, 0.2) is 0 Å². The number of hydrogen-bond acceptors (Lipinski definition) is 4. The molecule has 0 bridgehead atoms. The predicted molar refractivity (Wildman–Crippen MR) is 168 cm³/mol. The number of fused-ring (bicyclic) bond motifs is 3. The van der Waals surface area contributed by atoms with Crippen molar-refractivity contribution in [3.63, 3.8) is 0 Å². The summed E-state index contributed by atoms with van der Waals surface area (Å²) in [5.41, 5.74) is 8.00. The zero-order valence-electron chi connectivity index (χ0n) is 24.6. The quantitative estimate of drug-likeness (QED) is 0.166. The van der Waals surface area contributed by atoms with Gasteiger partial charge >= 0.3 is 0 Å². The van der Waals surface area contributed by atoms with E-state index in [0.717, 1.165) is 22.5 Å². The minimum atomic E-state index is -0.710. The topological polar surface area (TPSA) is 28.6 Å². The summed E-state index contributed by atoms with van der Waals surface area (Å²) in [6.07, 6.45) is 4.09. The van der Waals surface area contributed by atoms with Crippen molar-refractivity contribution in [3.05, 3.63) is 162 Å². The Morgan fingerprint density at radius 1 is 0.814 bits per heavy atom. The number of para-hydroxylation sites is 1. The minimum Gasteiger partial charge on any atom is -0.510 e. The average Bonchev–Trinajstić information content (AvgIpc) is 3.57. The van der Waals surface area contributed by atoms with E-state index >= 15 is 0 Å². The van der Waals surface area contributed by atoms with Crippen LogP contribution in [0.1, 0.15) is 48.7 Å². The molecule has 4 aromatic carbocycles. The van der Waals surface area contributed by atoms with Gasteiger partial charge in [-0.25, -0.2) is 4.98 Å². The smallest absolute Gasteiger partial charge is 0.217 e. The number of anilines is 1. The summed E-state index contributed by atoms with van der Waals surface area (Å²) in [5.74, 6) is 1.19. The molecule has 0 saturated heterocycles. The number of pyridine rings is 1. The van der Waals surface area contributed by atoms with E-state index in [1.54, 1.807) is 0 Å². The Morgan fingerprint density at radius 3 is 2.14 bits per heavy atom. The van der Waals surface area contributed by atoms with Crippen LogP contribution in [0.4, 0.5) is 5.69 Å². The first-order chi connectivity index (χ1) is 20.3. The second kappa shape index (κ2) is 11.2. The molecule has 0 unspecified atom stereocenters. The SMILES string of the molecule is CN1C=CN(c2[c-]c(C3(c4cc(C(C)(C)C)cc(Oc5[c-]cccc5)n4)c4ccccc4-c4ccccc43)ccc2)[CH-]1.[Pt]. The third kappa shape index (κ3) is 4.98. The molecule has 2 aliphatic rings. The Labute approximate surface area is 268 Å². The molecule has 0 spiro atoms. The maximum Gasteiger partial charge on any atom is 0.217 e. The van der Waals surface area contributed by atoms with E-state index in [1.165, 1.54) is 22.3 Å². The van der Waals surface area contributed by atoms with Crippen LogP contribution in [0.15, 0.2) is 116 Å². The Morgan fingerprint density at radius 2 is 1.51 bits per heavy atom. The van der Waals surface area contributed by atoms with Crippen molar-refractivity contribution >= 4 is 5.69 Å². The normalized spacial score (nSPS) is 14.7. The van der Waals surface area contributed by atoms with Gasteiger partial charge in [0, 0.05) is 32.9 Å². The summed E-state index contributed by atoms with van der Waals surface area (Å²) in [6.45, 7) is 8.74. The van der Waals surface area contributed by atoms with Gasteiger partial charge in [-0.1, -0.05) is 69.3 Å². The number of benzene rings is 4. The second-order valence-electron chi connectivity index (χ2n) is 11.9. The Kier molecular flexibility index (Phi) is 7.52. The van der Waals surface area contributed by atoms with Crippen molar-refractivity contribution in [3.8, 4) is 22.8 Å². The van der Waals surface area contributed by atoms with Gasteiger partial charge in [-0.3, -0.25) is 0 Å². The van der Waals surface area contributed by atoms with Crippen LogP contribution in [0.5, 0.6) is 11.6 Å². The number of aromatic nitrogens is 1. The van der Waals surface area contributed by atoms with Crippen LogP contribution < -0.4 is 9.64 Å². The fourth-order valence-electron chi connectivity index (χ4n) is 6.09.